The lowest BCUT2D eigenvalue weighted by Gasteiger charge is -2.16. The molecule has 0 saturated heterocycles. The van der Waals surface area contributed by atoms with Crippen LogP contribution in [0.25, 0.3) is 16.8 Å². The summed E-state index contributed by atoms with van der Waals surface area (Å²) in [6.07, 6.45) is 2.31. The van der Waals surface area contributed by atoms with Crippen molar-refractivity contribution in [3.05, 3.63) is 143 Å². The molecular formula is C36H30BrN3O3S. The number of nitrogens with one attached hydrogen (secondary N) is 3. The maximum Gasteiger partial charge on any atom is 0.272 e. The van der Waals surface area contributed by atoms with Gasteiger partial charge in [0, 0.05) is 26.3 Å². The van der Waals surface area contributed by atoms with Gasteiger partial charge in [-0.05, 0) is 83.4 Å². The number of benzene rings is 5. The largest absolute Gasteiger partial charge is 0.325 e. The standard InChI is InChI=1S/C36H30BrN3O3S/c1-2-33(36(43)38-28-20-18-27(37)19-21-28)44-30-16-9-15-29(23-30)39-35(42)32(40-34(41)25-11-4-3-5-12-25)22-26-14-8-13-24-10-6-7-17-31(24)26/h3-23,33H,2H2,1H3,(H,38,43)(H,39,42)(H,40,41)/b32-22+. The Hall–Kier alpha value is -4.66. The molecule has 0 fully saturated rings. The van der Waals surface area contributed by atoms with Crippen LogP contribution in [-0.2, 0) is 9.59 Å². The number of fused-ring (bicyclic) bond motifs is 1. The molecule has 220 valence electrons. The van der Waals surface area contributed by atoms with Crippen molar-refractivity contribution in [3.63, 3.8) is 0 Å². The first-order chi connectivity index (χ1) is 21.4. The summed E-state index contributed by atoms with van der Waals surface area (Å²) in [5, 5.41) is 10.4. The minimum atomic E-state index is -0.468. The molecule has 3 N–H and O–H groups in total. The van der Waals surface area contributed by atoms with Gasteiger partial charge >= 0.3 is 0 Å². The number of rotatable bonds is 10. The molecule has 1 atom stereocenters. The molecular weight excluding hydrogens is 634 g/mol. The molecule has 8 heteroatoms. The Bertz CT molecular complexity index is 1820. The highest BCUT2D eigenvalue weighted by atomic mass is 79.9. The van der Waals surface area contributed by atoms with Crippen LogP contribution >= 0.6 is 27.7 Å². The van der Waals surface area contributed by atoms with E-state index in [1.54, 1.807) is 36.4 Å². The van der Waals surface area contributed by atoms with Crippen LogP contribution in [0.15, 0.2) is 136 Å². The van der Waals surface area contributed by atoms with Gasteiger partial charge in [-0.1, -0.05) is 89.6 Å². The molecule has 3 amide bonds. The molecule has 1 unspecified atom stereocenters. The van der Waals surface area contributed by atoms with Crippen molar-refractivity contribution in [1.82, 2.24) is 5.32 Å². The van der Waals surface area contributed by atoms with E-state index in [0.717, 1.165) is 31.4 Å². The lowest BCUT2D eigenvalue weighted by Crippen LogP contribution is -2.30. The van der Waals surface area contributed by atoms with Gasteiger partial charge < -0.3 is 16.0 Å². The van der Waals surface area contributed by atoms with Crippen molar-refractivity contribution in [2.45, 2.75) is 23.5 Å². The van der Waals surface area contributed by atoms with Crippen LogP contribution < -0.4 is 16.0 Å². The Morgan fingerprint density at radius 3 is 2.25 bits per heavy atom. The first-order valence-corrected chi connectivity index (χ1v) is 15.8. The van der Waals surface area contributed by atoms with Crippen molar-refractivity contribution >= 4 is 73.6 Å². The Morgan fingerprint density at radius 2 is 1.48 bits per heavy atom. The van der Waals surface area contributed by atoms with E-state index in [9.17, 15) is 14.4 Å². The SMILES string of the molecule is CCC(Sc1cccc(NC(=O)/C(=C\c2cccc3ccccc23)NC(=O)c2ccccc2)c1)C(=O)Nc1ccc(Br)cc1. The molecule has 0 radical (unpaired) electrons. The van der Waals surface area contributed by atoms with Gasteiger partial charge in [0.25, 0.3) is 11.8 Å². The van der Waals surface area contributed by atoms with E-state index in [-0.39, 0.29) is 22.8 Å². The van der Waals surface area contributed by atoms with Gasteiger partial charge in [0.1, 0.15) is 5.70 Å². The van der Waals surface area contributed by atoms with E-state index < -0.39 is 5.91 Å². The summed E-state index contributed by atoms with van der Waals surface area (Å²) in [4.78, 5) is 40.6. The average molecular weight is 665 g/mol. The maximum atomic E-state index is 13.7. The van der Waals surface area contributed by atoms with Crippen LogP contribution in [0.5, 0.6) is 0 Å². The number of anilines is 2. The zero-order valence-electron chi connectivity index (χ0n) is 23.9. The lowest BCUT2D eigenvalue weighted by atomic mass is 10.0. The Balaban J connectivity index is 1.36. The highest BCUT2D eigenvalue weighted by Gasteiger charge is 2.20. The smallest absolute Gasteiger partial charge is 0.272 e. The second-order valence-corrected chi connectivity index (χ2v) is 12.1. The zero-order valence-corrected chi connectivity index (χ0v) is 26.3. The van der Waals surface area contributed by atoms with Crippen LogP contribution in [0.2, 0.25) is 0 Å². The molecule has 0 aromatic heterocycles. The second-order valence-electron chi connectivity index (χ2n) is 9.94. The summed E-state index contributed by atoms with van der Waals surface area (Å²) in [7, 11) is 0. The molecule has 0 bridgehead atoms. The Labute approximate surface area is 269 Å². The predicted octanol–water partition coefficient (Wildman–Crippen LogP) is 8.52. The number of amides is 3. The molecule has 0 aliphatic rings. The molecule has 6 nitrogen and oxygen atoms in total. The topological polar surface area (TPSA) is 87.3 Å². The third kappa shape index (κ3) is 8.03. The molecule has 0 aliphatic carbocycles. The van der Waals surface area contributed by atoms with Crippen LogP contribution in [-0.4, -0.2) is 23.0 Å². The fourth-order valence-corrected chi connectivity index (χ4v) is 5.84. The number of thioether (sulfide) groups is 1. The monoisotopic (exact) mass is 663 g/mol. The molecule has 0 aliphatic heterocycles. The highest BCUT2D eigenvalue weighted by molar-refractivity contribution is 9.10. The number of hydrogen-bond donors (Lipinski definition) is 3. The Kier molecular flexibility index (Phi) is 10.3. The summed E-state index contributed by atoms with van der Waals surface area (Å²) in [6.45, 7) is 1.96. The first kappa shape index (κ1) is 30.8. The minimum Gasteiger partial charge on any atom is -0.325 e. The fraction of sp³-hybridized carbons (Fsp3) is 0.0833. The van der Waals surface area contributed by atoms with E-state index in [4.69, 9.17) is 0 Å². The lowest BCUT2D eigenvalue weighted by molar-refractivity contribution is -0.116. The molecule has 0 saturated carbocycles. The van der Waals surface area contributed by atoms with Crippen molar-refractivity contribution in [2.75, 3.05) is 10.6 Å². The zero-order chi connectivity index (χ0) is 30.9. The van der Waals surface area contributed by atoms with Crippen molar-refractivity contribution < 1.29 is 14.4 Å². The van der Waals surface area contributed by atoms with E-state index in [0.29, 0.717) is 17.7 Å². The highest BCUT2D eigenvalue weighted by Crippen LogP contribution is 2.29. The fourth-order valence-electron chi connectivity index (χ4n) is 4.56. The number of hydrogen-bond acceptors (Lipinski definition) is 4. The van der Waals surface area contributed by atoms with Gasteiger partial charge in [0.05, 0.1) is 5.25 Å². The average Bonchev–Trinajstić information content (AvgIpc) is 3.05. The quantitative estimate of drug-likeness (QED) is 0.103. The van der Waals surface area contributed by atoms with Gasteiger partial charge in [-0.15, -0.1) is 11.8 Å². The first-order valence-electron chi connectivity index (χ1n) is 14.1. The molecule has 44 heavy (non-hydrogen) atoms. The second kappa shape index (κ2) is 14.7. The van der Waals surface area contributed by atoms with Gasteiger partial charge in [0.2, 0.25) is 5.91 Å². The molecule has 0 spiro atoms. The minimum absolute atomic E-state index is 0.0989. The number of halogens is 1. The van der Waals surface area contributed by atoms with Crippen LogP contribution in [0.1, 0.15) is 29.3 Å². The maximum absolute atomic E-state index is 13.7. The summed E-state index contributed by atoms with van der Waals surface area (Å²) < 4.78 is 0.936. The van der Waals surface area contributed by atoms with E-state index in [1.165, 1.54) is 11.8 Å². The normalized spacial score (nSPS) is 11.9. The third-order valence-corrected chi connectivity index (χ3v) is 8.68. The van der Waals surface area contributed by atoms with Crippen molar-refractivity contribution in [2.24, 2.45) is 0 Å². The molecule has 5 aromatic carbocycles. The summed E-state index contributed by atoms with van der Waals surface area (Å²) in [6, 6.07) is 37.2. The van der Waals surface area contributed by atoms with Crippen LogP contribution in [0, 0.1) is 0 Å². The number of carbonyl (C=O) groups is 3. The van der Waals surface area contributed by atoms with E-state index >= 15 is 0 Å². The van der Waals surface area contributed by atoms with E-state index in [2.05, 4.69) is 31.9 Å². The van der Waals surface area contributed by atoms with E-state index in [1.807, 2.05) is 97.9 Å². The van der Waals surface area contributed by atoms with Gasteiger partial charge in [-0.3, -0.25) is 14.4 Å². The summed E-state index contributed by atoms with van der Waals surface area (Å²) in [5.41, 5.74) is 2.61. The molecule has 5 aromatic rings. The van der Waals surface area contributed by atoms with Gasteiger partial charge in [0.15, 0.2) is 0 Å². The van der Waals surface area contributed by atoms with Crippen LogP contribution in [0.4, 0.5) is 11.4 Å². The van der Waals surface area contributed by atoms with Gasteiger partial charge in [-0.25, -0.2) is 0 Å². The van der Waals surface area contributed by atoms with Gasteiger partial charge in [-0.2, -0.15) is 0 Å². The summed E-state index contributed by atoms with van der Waals surface area (Å²) in [5.74, 6) is -0.957. The number of carbonyl (C=O) groups excluding carboxylic acids is 3. The van der Waals surface area contributed by atoms with Crippen LogP contribution in [0.3, 0.4) is 0 Å². The van der Waals surface area contributed by atoms with Crippen molar-refractivity contribution in [3.8, 4) is 0 Å². The Morgan fingerprint density at radius 1 is 0.773 bits per heavy atom. The summed E-state index contributed by atoms with van der Waals surface area (Å²) >= 11 is 4.83. The van der Waals surface area contributed by atoms with Crippen molar-refractivity contribution in [1.29, 1.82) is 0 Å². The third-order valence-electron chi connectivity index (χ3n) is 6.80. The molecule has 0 heterocycles. The predicted molar refractivity (Wildman–Crippen MR) is 184 cm³/mol. The molecule has 5 rings (SSSR count).